The Balaban J connectivity index is 1.62. The van der Waals surface area contributed by atoms with E-state index in [0.717, 1.165) is 12.0 Å². The average molecular weight is 388 g/mol. The van der Waals surface area contributed by atoms with E-state index in [0.29, 0.717) is 42.5 Å². The van der Waals surface area contributed by atoms with Crippen molar-refractivity contribution in [3.8, 4) is 11.5 Å². The molecule has 7 heteroatoms. The molecule has 1 saturated heterocycles. The predicted molar refractivity (Wildman–Crippen MR) is 104 cm³/mol. The zero-order valence-electron chi connectivity index (χ0n) is 15.6. The van der Waals surface area contributed by atoms with Gasteiger partial charge < -0.3 is 19.7 Å². The number of likely N-dealkylation sites (tertiary alicyclic amines) is 1. The largest absolute Gasteiger partial charge is 0.493 e. The van der Waals surface area contributed by atoms with Gasteiger partial charge in [-0.2, -0.15) is 0 Å². The van der Waals surface area contributed by atoms with Gasteiger partial charge in [0.1, 0.15) is 6.04 Å². The standard InChI is InChI=1S/C20H24N2O4S/c1-3-26-16-9-8-14(12-17(16)25-2)13-21-19(23)15-6-4-10-22(15)20(24)18-7-5-11-27-18/h5,7-9,11-12,15H,3-4,6,10,13H2,1-2H3,(H,21,23)/t15-/m0/s1. The molecular formula is C20H24N2O4S. The van der Waals surface area contributed by atoms with Gasteiger partial charge in [0.2, 0.25) is 5.91 Å². The van der Waals surface area contributed by atoms with Gasteiger partial charge >= 0.3 is 0 Å². The average Bonchev–Trinajstić information content (AvgIpc) is 3.38. The second kappa shape index (κ2) is 8.90. The summed E-state index contributed by atoms with van der Waals surface area (Å²) in [6, 6.07) is 8.83. The van der Waals surface area contributed by atoms with Gasteiger partial charge in [-0.1, -0.05) is 12.1 Å². The molecule has 0 saturated carbocycles. The molecule has 2 heterocycles. The summed E-state index contributed by atoms with van der Waals surface area (Å²) in [5.74, 6) is 1.13. The molecular weight excluding hydrogens is 364 g/mol. The van der Waals surface area contributed by atoms with Gasteiger partial charge in [-0.05, 0) is 48.9 Å². The number of hydrogen-bond donors (Lipinski definition) is 1. The molecule has 1 atom stereocenters. The van der Waals surface area contributed by atoms with Gasteiger partial charge in [0.15, 0.2) is 11.5 Å². The van der Waals surface area contributed by atoms with E-state index in [-0.39, 0.29) is 11.8 Å². The Hall–Kier alpha value is -2.54. The summed E-state index contributed by atoms with van der Waals surface area (Å²) < 4.78 is 10.9. The lowest BCUT2D eigenvalue weighted by Gasteiger charge is -2.23. The summed E-state index contributed by atoms with van der Waals surface area (Å²) in [4.78, 5) is 27.6. The zero-order valence-corrected chi connectivity index (χ0v) is 16.4. The number of nitrogens with zero attached hydrogens (tertiary/aromatic N) is 1. The predicted octanol–water partition coefficient (Wildman–Crippen LogP) is 3.08. The van der Waals surface area contributed by atoms with Crippen LogP contribution < -0.4 is 14.8 Å². The van der Waals surface area contributed by atoms with Gasteiger partial charge in [-0.3, -0.25) is 9.59 Å². The van der Waals surface area contributed by atoms with E-state index in [9.17, 15) is 9.59 Å². The lowest BCUT2D eigenvalue weighted by Crippen LogP contribution is -2.45. The minimum Gasteiger partial charge on any atom is -0.493 e. The fourth-order valence-corrected chi connectivity index (χ4v) is 3.91. The number of ether oxygens (including phenoxy) is 2. The fraction of sp³-hybridized carbons (Fsp3) is 0.400. The monoisotopic (exact) mass is 388 g/mol. The quantitative estimate of drug-likeness (QED) is 0.792. The van der Waals surface area contributed by atoms with Gasteiger partial charge in [0.25, 0.3) is 5.91 Å². The van der Waals surface area contributed by atoms with Crippen molar-refractivity contribution < 1.29 is 19.1 Å². The van der Waals surface area contributed by atoms with Crippen molar-refractivity contribution in [1.29, 1.82) is 0 Å². The lowest BCUT2D eigenvalue weighted by molar-refractivity contribution is -0.125. The van der Waals surface area contributed by atoms with Crippen molar-refractivity contribution in [3.05, 3.63) is 46.2 Å². The first kappa shape index (κ1) is 19.2. The Kier molecular flexibility index (Phi) is 6.34. The number of rotatable bonds is 7. The lowest BCUT2D eigenvalue weighted by atomic mass is 10.1. The van der Waals surface area contributed by atoms with Crippen LogP contribution in [0.15, 0.2) is 35.7 Å². The Labute approximate surface area is 163 Å². The van der Waals surface area contributed by atoms with Crippen molar-refractivity contribution in [1.82, 2.24) is 10.2 Å². The van der Waals surface area contributed by atoms with Crippen LogP contribution in [0.3, 0.4) is 0 Å². The van der Waals surface area contributed by atoms with Crippen LogP contribution >= 0.6 is 11.3 Å². The third-order valence-corrected chi connectivity index (χ3v) is 5.40. The van der Waals surface area contributed by atoms with Crippen LogP contribution in [-0.4, -0.2) is 43.0 Å². The third kappa shape index (κ3) is 4.42. The molecule has 0 unspecified atom stereocenters. The van der Waals surface area contributed by atoms with E-state index in [1.807, 2.05) is 36.6 Å². The highest BCUT2D eigenvalue weighted by Crippen LogP contribution is 2.28. The Morgan fingerprint density at radius 2 is 2.15 bits per heavy atom. The minimum atomic E-state index is -0.413. The summed E-state index contributed by atoms with van der Waals surface area (Å²) in [6.45, 7) is 3.46. The van der Waals surface area contributed by atoms with E-state index in [4.69, 9.17) is 9.47 Å². The number of benzene rings is 1. The number of nitrogens with one attached hydrogen (secondary N) is 1. The van der Waals surface area contributed by atoms with E-state index in [2.05, 4.69) is 5.32 Å². The molecule has 6 nitrogen and oxygen atoms in total. The highest BCUT2D eigenvalue weighted by molar-refractivity contribution is 7.12. The molecule has 1 aliphatic heterocycles. The van der Waals surface area contributed by atoms with Crippen LogP contribution in [0.4, 0.5) is 0 Å². The fourth-order valence-electron chi connectivity index (χ4n) is 3.23. The smallest absolute Gasteiger partial charge is 0.264 e. The summed E-state index contributed by atoms with van der Waals surface area (Å²) in [7, 11) is 1.59. The first-order chi connectivity index (χ1) is 13.1. The molecule has 0 bridgehead atoms. The number of methoxy groups -OCH3 is 1. The van der Waals surface area contributed by atoms with Crippen LogP contribution in [-0.2, 0) is 11.3 Å². The highest BCUT2D eigenvalue weighted by Gasteiger charge is 2.34. The molecule has 3 rings (SSSR count). The van der Waals surface area contributed by atoms with Crippen molar-refractivity contribution in [3.63, 3.8) is 0 Å². The number of carbonyl (C=O) groups excluding carboxylic acids is 2. The number of thiophene rings is 1. The second-order valence-corrected chi connectivity index (χ2v) is 7.22. The number of amides is 2. The zero-order chi connectivity index (χ0) is 19.2. The normalized spacial score (nSPS) is 16.2. The van der Waals surface area contributed by atoms with E-state index >= 15 is 0 Å². The van der Waals surface area contributed by atoms with Crippen molar-refractivity contribution in [2.24, 2.45) is 0 Å². The number of carbonyl (C=O) groups is 2. The number of hydrogen-bond acceptors (Lipinski definition) is 5. The molecule has 2 amide bonds. The van der Waals surface area contributed by atoms with Crippen LogP contribution in [0, 0.1) is 0 Å². The Bertz CT molecular complexity index is 791. The molecule has 1 aliphatic rings. The van der Waals surface area contributed by atoms with Crippen molar-refractivity contribution >= 4 is 23.2 Å². The van der Waals surface area contributed by atoms with Crippen LogP contribution in [0.25, 0.3) is 0 Å². The Morgan fingerprint density at radius 1 is 1.30 bits per heavy atom. The second-order valence-electron chi connectivity index (χ2n) is 6.27. The van der Waals surface area contributed by atoms with E-state index < -0.39 is 6.04 Å². The first-order valence-corrected chi connectivity index (χ1v) is 9.94. The van der Waals surface area contributed by atoms with Gasteiger partial charge in [-0.25, -0.2) is 0 Å². The molecule has 1 N–H and O–H groups in total. The first-order valence-electron chi connectivity index (χ1n) is 9.06. The summed E-state index contributed by atoms with van der Waals surface area (Å²) >= 11 is 1.40. The third-order valence-electron chi connectivity index (χ3n) is 4.54. The summed E-state index contributed by atoms with van der Waals surface area (Å²) in [6.07, 6.45) is 1.53. The molecule has 0 radical (unpaired) electrons. The summed E-state index contributed by atoms with van der Waals surface area (Å²) in [5.41, 5.74) is 0.915. The maximum Gasteiger partial charge on any atom is 0.264 e. The molecule has 1 aromatic heterocycles. The molecule has 27 heavy (non-hydrogen) atoms. The topological polar surface area (TPSA) is 67.9 Å². The van der Waals surface area contributed by atoms with E-state index in [1.54, 1.807) is 18.1 Å². The maximum absolute atomic E-state index is 12.7. The molecule has 0 aliphatic carbocycles. The van der Waals surface area contributed by atoms with Crippen molar-refractivity contribution in [2.45, 2.75) is 32.4 Å². The maximum atomic E-state index is 12.7. The highest BCUT2D eigenvalue weighted by atomic mass is 32.1. The molecule has 2 aromatic rings. The van der Waals surface area contributed by atoms with Crippen LogP contribution in [0.5, 0.6) is 11.5 Å². The van der Waals surface area contributed by atoms with Crippen LogP contribution in [0.1, 0.15) is 35.0 Å². The molecule has 1 aromatic carbocycles. The van der Waals surface area contributed by atoms with Gasteiger partial charge in [0, 0.05) is 13.1 Å². The van der Waals surface area contributed by atoms with Gasteiger partial charge in [0.05, 0.1) is 18.6 Å². The van der Waals surface area contributed by atoms with Crippen LogP contribution in [0.2, 0.25) is 0 Å². The molecule has 144 valence electrons. The molecule has 1 fully saturated rings. The van der Waals surface area contributed by atoms with Crippen molar-refractivity contribution in [2.75, 3.05) is 20.3 Å². The van der Waals surface area contributed by atoms with Gasteiger partial charge in [-0.15, -0.1) is 11.3 Å². The minimum absolute atomic E-state index is 0.0645. The molecule has 0 spiro atoms. The SMILES string of the molecule is CCOc1ccc(CNC(=O)[C@@H]2CCCN2C(=O)c2cccs2)cc1OC. The van der Waals surface area contributed by atoms with E-state index in [1.165, 1.54) is 11.3 Å². The summed E-state index contributed by atoms with van der Waals surface area (Å²) in [5, 5.41) is 4.82. The Morgan fingerprint density at radius 3 is 2.85 bits per heavy atom.